The van der Waals surface area contributed by atoms with Crippen molar-refractivity contribution in [3.63, 3.8) is 0 Å². The highest BCUT2D eigenvalue weighted by atomic mass is 32.7. The topological polar surface area (TPSA) is 35.5 Å². The fourth-order valence-electron chi connectivity index (χ4n) is 0.673. The predicted molar refractivity (Wildman–Crippen MR) is 62.5 cm³/mol. The average Bonchev–Trinajstić information content (AvgIpc) is 2.15. The van der Waals surface area contributed by atoms with Crippen LogP contribution in [-0.4, -0.2) is 24.7 Å². The summed E-state index contributed by atoms with van der Waals surface area (Å²) in [7, 11) is -0.942. The largest absolute Gasteiger partial charge is 0.326 e. The van der Waals surface area contributed by atoms with Crippen LogP contribution < -0.4 is 0 Å². The lowest BCUT2D eigenvalue weighted by Gasteiger charge is -2.13. The highest BCUT2D eigenvalue weighted by molar-refractivity contribution is 8.53. The van der Waals surface area contributed by atoms with Crippen molar-refractivity contribution in [2.24, 2.45) is 0 Å². The highest BCUT2D eigenvalue weighted by Gasteiger charge is 2.11. The van der Waals surface area contributed by atoms with Crippen molar-refractivity contribution in [3.8, 4) is 0 Å². The summed E-state index contributed by atoms with van der Waals surface area (Å²) in [5.74, 6) is 0.528. The molecule has 0 rings (SSSR count). The summed E-state index contributed by atoms with van der Waals surface area (Å²) in [6, 6.07) is 0. The molecular weight excluding hydrogens is 219 g/mol. The van der Waals surface area contributed by atoms with Gasteiger partial charge in [-0.2, -0.15) is 0 Å². The first-order valence-corrected chi connectivity index (χ1v) is 7.35. The van der Waals surface area contributed by atoms with E-state index in [2.05, 4.69) is 0 Å². The van der Waals surface area contributed by atoms with Gasteiger partial charge in [0.25, 0.3) is 0 Å². The molecule has 0 fully saturated rings. The Kier molecular flexibility index (Phi) is 9.73. The smallest absolute Gasteiger partial charge is 0.238 e. The zero-order valence-electron chi connectivity index (χ0n) is 8.86. The number of hydrogen-bond acceptors (Lipinski definition) is 4. The van der Waals surface area contributed by atoms with Crippen LogP contribution in [0.25, 0.3) is 0 Å². The molecule has 0 saturated carbocycles. The zero-order chi connectivity index (χ0) is 10.8. The summed E-state index contributed by atoms with van der Waals surface area (Å²) >= 11 is 1.44. The Morgan fingerprint density at radius 3 is 2.36 bits per heavy atom. The molecule has 0 heterocycles. The molecule has 0 N–H and O–H groups in total. The minimum absolute atomic E-state index is 0.101. The van der Waals surface area contributed by atoms with Crippen LogP contribution in [0.5, 0.6) is 0 Å². The van der Waals surface area contributed by atoms with E-state index in [1.54, 1.807) is 12.2 Å². The second kappa shape index (κ2) is 9.66. The molecule has 0 aliphatic heterocycles. The highest BCUT2D eigenvalue weighted by Crippen LogP contribution is 2.51. The third kappa shape index (κ3) is 7.51. The molecule has 14 heavy (non-hydrogen) atoms. The lowest BCUT2D eigenvalue weighted by molar-refractivity contribution is -0.112. The molecule has 0 bridgehead atoms. The van der Waals surface area contributed by atoms with Crippen molar-refractivity contribution in [1.29, 1.82) is 0 Å². The fourth-order valence-corrected chi connectivity index (χ4v) is 3.42. The quantitative estimate of drug-likeness (QED) is 0.479. The van der Waals surface area contributed by atoms with Gasteiger partial charge in [0, 0.05) is 0 Å². The van der Waals surface area contributed by atoms with Crippen molar-refractivity contribution in [1.82, 2.24) is 0 Å². The maximum absolute atomic E-state index is 11.1. The summed E-state index contributed by atoms with van der Waals surface area (Å²) in [6.45, 7) is 6.91. The molecule has 0 unspecified atom stereocenters. The number of ketones is 1. The SMILES string of the molecule is C/C=C/C(=O)CSP(OCC)OCC. The third-order valence-electron chi connectivity index (χ3n) is 1.13. The minimum atomic E-state index is -0.942. The lowest BCUT2D eigenvalue weighted by atomic mass is 10.4. The van der Waals surface area contributed by atoms with Gasteiger partial charge in [0.05, 0.1) is 19.0 Å². The first-order chi connectivity index (χ1) is 6.74. The molecule has 5 heteroatoms. The maximum atomic E-state index is 11.1. The molecule has 0 saturated heterocycles. The molecule has 82 valence electrons. The second-order valence-electron chi connectivity index (χ2n) is 2.30. The van der Waals surface area contributed by atoms with E-state index >= 15 is 0 Å². The van der Waals surface area contributed by atoms with E-state index in [1.165, 1.54) is 11.4 Å². The van der Waals surface area contributed by atoms with Gasteiger partial charge in [-0.1, -0.05) is 17.5 Å². The molecule has 3 nitrogen and oxygen atoms in total. The Hall–Kier alpha value is 0.110. The van der Waals surface area contributed by atoms with Gasteiger partial charge >= 0.3 is 0 Å². The summed E-state index contributed by atoms with van der Waals surface area (Å²) in [5.41, 5.74) is 0. The normalized spacial score (nSPS) is 11.4. The molecule has 0 aromatic carbocycles. The van der Waals surface area contributed by atoms with Crippen molar-refractivity contribution >= 4 is 24.7 Å². The Morgan fingerprint density at radius 1 is 1.36 bits per heavy atom. The predicted octanol–water partition coefficient (Wildman–Crippen LogP) is 3.16. The molecule has 0 aromatic rings. The summed E-state index contributed by atoms with van der Waals surface area (Å²) < 4.78 is 10.7. The van der Waals surface area contributed by atoms with Crippen molar-refractivity contribution in [3.05, 3.63) is 12.2 Å². The minimum Gasteiger partial charge on any atom is -0.326 e. The lowest BCUT2D eigenvalue weighted by Crippen LogP contribution is -1.97. The second-order valence-corrected chi connectivity index (χ2v) is 5.48. The van der Waals surface area contributed by atoms with Crippen LogP contribution in [0.4, 0.5) is 0 Å². The van der Waals surface area contributed by atoms with E-state index in [-0.39, 0.29) is 5.78 Å². The van der Waals surface area contributed by atoms with Crippen LogP contribution in [0.1, 0.15) is 20.8 Å². The number of allylic oxidation sites excluding steroid dienone is 2. The third-order valence-corrected chi connectivity index (χ3v) is 4.35. The first-order valence-electron chi connectivity index (χ1n) is 4.58. The molecular formula is C9H17O3PS. The number of rotatable bonds is 8. The Morgan fingerprint density at radius 2 is 1.93 bits per heavy atom. The van der Waals surface area contributed by atoms with E-state index in [4.69, 9.17) is 9.05 Å². The molecule has 0 radical (unpaired) electrons. The summed E-state index contributed by atoms with van der Waals surface area (Å²) in [5, 5.41) is 0. The van der Waals surface area contributed by atoms with E-state index in [0.29, 0.717) is 19.0 Å². The van der Waals surface area contributed by atoms with E-state index < -0.39 is 7.58 Å². The van der Waals surface area contributed by atoms with E-state index in [9.17, 15) is 4.79 Å². The van der Waals surface area contributed by atoms with Gasteiger partial charge in [-0.05, 0) is 26.8 Å². The number of carbonyl (C=O) groups excluding carboxylic acids is 1. The van der Waals surface area contributed by atoms with Gasteiger partial charge < -0.3 is 9.05 Å². The van der Waals surface area contributed by atoms with E-state index in [1.807, 2.05) is 20.8 Å². The number of carbonyl (C=O) groups is 1. The van der Waals surface area contributed by atoms with Gasteiger partial charge in [0.15, 0.2) is 5.78 Å². The summed E-state index contributed by atoms with van der Waals surface area (Å²) in [4.78, 5) is 11.1. The van der Waals surface area contributed by atoms with Gasteiger partial charge in [0.2, 0.25) is 7.58 Å². The Balaban J connectivity index is 3.74. The van der Waals surface area contributed by atoms with Crippen LogP contribution in [0.2, 0.25) is 0 Å². The van der Waals surface area contributed by atoms with Crippen LogP contribution in [0.15, 0.2) is 12.2 Å². The van der Waals surface area contributed by atoms with Crippen LogP contribution >= 0.6 is 19.0 Å². The van der Waals surface area contributed by atoms with Gasteiger partial charge in [0.1, 0.15) is 0 Å². The number of hydrogen-bond donors (Lipinski definition) is 0. The maximum Gasteiger partial charge on any atom is 0.238 e. The van der Waals surface area contributed by atoms with Crippen LogP contribution in [-0.2, 0) is 13.8 Å². The van der Waals surface area contributed by atoms with E-state index in [0.717, 1.165) is 0 Å². The van der Waals surface area contributed by atoms with Crippen molar-refractivity contribution < 1.29 is 13.8 Å². The standard InChI is InChI=1S/C9H17O3PS/c1-4-7-9(10)8-14-13(11-5-2)12-6-3/h4,7H,5-6,8H2,1-3H3/b7-4+. The molecule has 0 aliphatic rings. The zero-order valence-corrected chi connectivity index (χ0v) is 10.6. The Labute approximate surface area is 90.9 Å². The summed E-state index contributed by atoms with van der Waals surface area (Å²) in [6.07, 6.45) is 3.31. The van der Waals surface area contributed by atoms with Gasteiger partial charge in [-0.15, -0.1) is 0 Å². The van der Waals surface area contributed by atoms with Gasteiger partial charge in [-0.3, -0.25) is 4.79 Å². The first kappa shape index (κ1) is 14.1. The molecule has 0 aromatic heterocycles. The van der Waals surface area contributed by atoms with Crippen molar-refractivity contribution in [2.45, 2.75) is 20.8 Å². The fraction of sp³-hybridized carbons (Fsp3) is 0.667. The molecule has 0 aliphatic carbocycles. The molecule has 0 spiro atoms. The average molecular weight is 236 g/mol. The Bertz CT molecular complexity index is 179. The van der Waals surface area contributed by atoms with Crippen molar-refractivity contribution in [2.75, 3.05) is 19.0 Å². The monoisotopic (exact) mass is 236 g/mol. The molecule has 0 amide bonds. The van der Waals surface area contributed by atoms with Gasteiger partial charge in [-0.25, -0.2) is 0 Å². The van der Waals surface area contributed by atoms with Crippen LogP contribution in [0, 0.1) is 0 Å². The van der Waals surface area contributed by atoms with Crippen LogP contribution in [0.3, 0.4) is 0 Å². The molecule has 0 atom stereocenters.